The Hall–Kier alpha value is -1.10. The predicted molar refractivity (Wildman–Crippen MR) is 78.0 cm³/mol. The van der Waals surface area contributed by atoms with Crippen LogP contribution in [0.5, 0.6) is 0 Å². The van der Waals surface area contributed by atoms with Gasteiger partial charge in [0.2, 0.25) is 11.8 Å². The lowest BCUT2D eigenvalue weighted by atomic mass is 9.76. The Morgan fingerprint density at radius 3 is 2.50 bits per heavy atom. The molecule has 0 aliphatic heterocycles. The summed E-state index contributed by atoms with van der Waals surface area (Å²) in [6.07, 6.45) is 3.73. The maximum absolute atomic E-state index is 12.4. The van der Waals surface area contributed by atoms with Crippen molar-refractivity contribution >= 4 is 11.8 Å². The van der Waals surface area contributed by atoms with Gasteiger partial charge in [0, 0.05) is 6.92 Å². The van der Waals surface area contributed by atoms with Crippen molar-refractivity contribution in [1.29, 1.82) is 0 Å². The first-order valence-electron chi connectivity index (χ1n) is 7.49. The highest BCUT2D eigenvalue weighted by Gasteiger charge is 2.37. The number of hydrogen-bond donors (Lipinski definition) is 3. The molecule has 3 atom stereocenters. The second-order valence-corrected chi connectivity index (χ2v) is 6.55. The van der Waals surface area contributed by atoms with E-state index in [-0.39, 0.29) is 24.3 Å². The van der Waals surface area contributed by atoms with Crippen molar-refractivity contribution < 1.29 is 14.7 Å². The third-order valence-electron chi connectivity index (χ3n) is 4.09. The van der Waals surface area contributed by atoms with Gasteiger partial charge in [0.15, 0.2) is 0 Å². The largest absolute Gasteiger partial charge is 0.394 e. The molecule has 0 radical (unpaired) electrons. The molecular formula is C15H28N2O3. The molecule has 1 rings (SSSR count). The first kappa shape index (κ1) is 17.0. The summed E-state index contributed by atoms with van der Waals surface area (Å²) in [6, 6.07) is -0.548. The van der Waals surface area contributed by atoms with E-state index in [0.29, 0.717) is 5.92 Å². The molecule has 3 unspecified atom stereocenters. The highest BCUT2D eigenvalue weighted by molar-refractivity contribution is 5.87. The molecule has 5 heteroatoms. The molecule has 0 spiro atoms. The Balaban J connectivity index is 2.76. The molecule has 1 aliphatic rings. The number of amides is 2. The Labute approximate surface area is 121 Å². The van der Waals surface area contributed by atoms with E-state index in [1.807, 2.05) is 13.8 Å². The Morgan fingerprint density at radius 1 is 1.40 bits per heavy atom. The van der Waals surface area contributed by atoms with Crippen molar-refractivity contribution in [1.82, 2.24) is 10.6 Å². The van der Waals surface area contributed by atoms with Gasteiger partial charge in [-0.05, 0) is 24.7 Å². The fraction of sp³-hybridized carbons (Fsp3) is 0.867. The van der Waals surface area contributed by atoms with Gasteiger partial charge in [-0.25, -0.2) is 0 Å². The molecule has 1 aliphatic carbocycles. The topological polar surface area (TPSA) is 78.4 Å². The van der Waals surface area contributed by atoms with Crippen LogP contribution in [0.3, 0.4) is 0 Å². The molecule has 3 N–H and O–H groups in total. The van der Waals surface area contributed by atoms with E-state index in [1.165, 1.54) is 6.92 Å². The minimum atomic E-state index is -0.548. The van der Waals surface area contributed by atoms with Gasteiger partial charge in [0.25, 0.3) is 0 Å². The van der Waals surface area contributed by atoms with Gasteiger partial charge in [0.1, 0.15) is 6.04 Å². The molecule has 0 heterocycles. The van der Waals surface area contributed by atoms with E-state index in [9.17, 15) is 14.7 Å². The zero-order chi connectivity index (χ0) is 15.3. The van der Waals surface area contributed by atoms with Gasteiger partial charge in [0.05, 0.1) is 12.1 Å². The molecular weight excluding hydrogens is 256 g/mol. The molecule has 20 heavy (non-hydrogen) atoms. The van der Waals surface area contributed by atoms with Crippen LogP contribution in [0.25, 0.3) is 0 Å². The summed E-state index contributed by atoms with van der Waals surface area (Å²) in [5, 5.41) is 15.4. The van der Waals surface area contributed by atoms with Crippen LogP contribution < -0.4 is 10.6 Å². The highest BCUT2D eigenvalue weighted by atomic mass is 16.3. The van der Waals surface area contributed by atoms with E-state index < -0.39 is 11.6 Å². The number of rotatable bonds is 5. The zero-order valence-corrected chi connectivity index (χ0v) is 13.0. The number of nitrogens with one attached hydrogen (secondary N) is 2. The molecule has 116 valence electrons. The lowest BCUT2D eigenvalue weighted by Gasteiger charge is -2.40. The third kappa shape index (κ3) is 4.47. The Bertz CT molecular complexity index is 357. The smallest absolute Gasteiger partial charge is 0.243 e. The number of hydrogen-bond acceptors (Lipinski definition) is 3. The quantitative estimate of drug-likeness (QED) is 0.710. The molecule has 2 amide bonds. The monoisotopic (exact) mass is 284 g/mol. The number of carbonyl (C=O) groups excluding carboxylic acids is 2. The molecule has 1 fully saturated rings. The van der Waals surface area contributed by atoms with Crippen LogP contribution in [-0.4, -0.2) is 35.1 Å². The van der Waals surface area contributed by atoms with Crippen molar-refractivity contribution in [3.05, 3.63) is 0 Å². The average molecular weight is 284 g/mol. The summed E-state index contributed by atoms with van der Waals surface area (Å²) in [7, 11) is 0. The SMILES string of the molecule is CC(=O)NC(C(=O)NC1(CO)CCCC(C)C1)C(C)C. The van der Waals surface area contributed by atoms with Gasteiger partial charge in [-0.3, -0.25) is 9.59 Å². The van der Waals surface area contributed by atoms with Crippen molar-refractivity contribution in [2.45, 2.75) is 65.0 Å². The fourth-order valence-corrected chi connectivity index (χ4v) is 3.05. The fourth-order valence-electron chi connectivity index (χ4n) is 3.05. The van der Waals surface area contributed by atoms with Crippen LogP contribution in [0, 0.1) is 11.8 Å². The van der Waals surface area contributed by atoms with Crippen LogP contribution in [0.2, 0.25) is 0 Å². The standard InChI is InChI=1S/C15H28N2O3/c1-10(2)13(16-12(4)19)14(20)17-15(9-18)7-5-6-11(3)8-15/h10-11,13,18H,5-9H2,1-4H3,(H,16,19)(H,17,20). The van der Waals surface area contributed by atoms with Crippen LogP contribution in [0.15, 0.2) is 0 Å². The minimum Gasteiger partial charge on any atom is -0.394 e. The van der Waals surface area contributed by atoms with Crippen LogP contribution in [0.1, 0.15) is 53.4 Å². The van der Waals surface area contributed by atoms with E-state index in [0.717, 1.165) is 25.7 Å². The van der Waals surface area contributed by atoms with E-state index in [2.05, 4.69) is 17.6 Å². The predicted octanol–water partition coefficient (Wildman–Crippen LogP) is 1.20. The molecule has 0 aromatic heterocycles. The Kier molecular flexibility index (Phi) is 5.99. The summed E-state index contributed by atoms with van der Waals surface area (Å²) in [4.78, 5) is 23.6. The number of aliphatic hydroxyl groups is 1. The summed E-state index contributed by atoms with van der Waals surface area (Å²) in [6.45, 7) is 7.30. The zero-order valence-electron chi connectivity index (χ0n) is 13.0. The highest BCUT2D eigenvalue weighted by Crippen LogP contribution is 2.32. The maximum atomic E-state index is 12.4. The van der Waals surface area contributed by atoms with Crippen LogP contribution in [0.4, 0.5) is 0 Å². The lowest BCUT2D eigenvalue weighted by Crippen LogP contribution is -2.59. The summed E-state index contributed by atoms with van der Waals surface area (Å²) in [5.41, 5.74) is -0.527. The number of aliphatic hydroxyl groups excluding tert-OH is 1. The van der Waals surface area contributed by atoms with Gasteiger partial charge in [-0.15, -0.1) is 0 Å². The van der Waals surface area contributed by atoms with Crippen LogP contribution >= 0.6 is 0 Å². The normalized spacial score (nSPS) is 28.0. The summed E-state index contributed by atoms with van der Waals surface area (Å²) in [5.74, 6) is 0.0948. The lowest BCUT2D eigenvalue weighted by molar-refractivity contribution is -0.131. The average Bonchev–Trinajstić information content (AvgIpc) is 2.35. The van der Waals surface area contributed by atoms with Crippen molar-refractivity contribution in [2.75, 3.05) is 6.61 Å². The number of carbonyl (C=O) groups is 2. The van der Waals surface area contributed by atoms with Crippen molar-refractivity contribution in [2.24, 2.45) is 11.8 Å². The van der Waals surface area contributed by atoms with Crippen molar-refractivity contribution in [3.63, 3.8) is 0 Å². The van der Waals surface area contributed by atoms with Gasteiger partial charge < -0.3 is 15.7 Å². The second kappa shape index (κ2) is 7.07. The van der Waals surface area contributed by atoms with Gasteiger partial charge >= 0.3 is 0 Å². The van der Waals surface area contributed by atoms with Crippen molar-refractivity contribution in [3.8, 4) is 0 Å². The summed E-state index contributed by atoms with van der Waals surface area (Å²) >= 11 is 0. The molecule has 0 saturated heterocycles. The second-order valence-electron chi connectivity index (χ2n) is 6.55. The van der Waals surface area contributed by atoms with Gasteiger partial charge in [-0.1, -0.05) is 33.6 Å². The molecule has 0 aromatic rings. The van der Waals surface area contributed by atoms with E-state index in [1.54, 1.807) is 0 Å². The molecule has 0 bridgehead atoms. The molecule has 5 nitrogen and oxygen atoms in total. The van der Waals surface area contributed by atoms with Gasteiger partial charge in [-0.2, -0.15) is 0 Å². The first-order valence-corrected chi connectivity index (χ1v) is 7.49. The third-order valence-corrected chi connectivity index (χ3v) is 4.09. The maximum Gasteiger partial charge on any atom is 0.243 e. The molecule has 1 saturated carbocycles. The van der Waals surface area contributed by atoms with E-state index >= 15 is 0 Å². The molecule has 0 aromatic carbocycles. The van der Waals surface area contributed by atoms with Crippen LogP contribution in [-0.2, 0) is 9.59 Å². The summed E-state index contributed by atoms with van der Waals surface area (Å²) < 4.78 is 0. The Morgan fingerprint density at radius 2 is 2.05 bits per heavy atom. The minimum absolute atomic E-state index is 0.00987. The first-order chi connectivity index (χ1) is 9.29. The van der Waals surface area contributed by atoms with E-state index in [4.69, 9.17) is 0 Å².